The van der Waals surface area contributed by atoms with Crippen LogP contribution in [0.5, 0.6) is 0 Å². The van der Waals surface area contributed by atoms with Crippen molar-refractivity contribution in [3.8, 4) is 0 Å². The third kappa shape index (κ3) is 6.33. The molecule has 0 aliphatic carbocycles. The van der Waals surface area contributed by atoms with Gasteiger partial charge in [-0.3, -0.25) is 5.43 Å². The number of nitrogen functional groups attached to an aromatic ring is 1. The van der Waals surface area contributed by atoms with Crippen molar-refractivity contribution in [2.45, 2.75) is 46.0 Å². The SMILES string of the molecule is CC(C)CCCCCCNc1nc(NN)ncc1F. The minimum atomic E-state index is -0.459. The minimum Gasteiger partial charge on any atom is -0.367 e. The highest BCUT2D eigenvalue weighted by Gasteiger charge is 2.05. The van der Waals surface area contributed by atoms with Crippen molar-refractivity contribution >= 4 is 11.8 Å². The Morgan fingerprint density at radius 2 is 2.00 bits per heavy atom. The van der Waals surface area contributed by atoms with Crippen LogP contribution in [0.25, 0.3) is 0 Å². The second-order valence-corrected chi connectivity index (χ2v) is 5.06. The molecular weight excluding hydrogens is 245 g/mol. The van der Waals surface area contributed by atoms with E-state index in [1.165, 1.54) is 19.3 Å². The Hall–Kier alpha value is -1.43. The fourth-order valence-electron chi connectivity index (χ4n) is 1.80. The van der Waals surface area contributed by atoms with Crippen LogP contribution in [-0.2, 0) is 0 Å². The Bertz CT molecular complexity index is 370. The molecule has 0 aliphatic rings. The van der Waals surface area contributed by atoms with Crippen molar-refractivity contribution in [1.82, 2.24) is 9.97 Å². The molecule has 19 heavy (non-hydrogen) atoms. The van der Waals surface area contributed by atoms with E-state index in [0.29, 0.717) is 6.54 Å². The normalized spacial score (nSPS) is 10.8. The van der Waals surface area contributed by atoms with E-state index >= 15 is 0 Å². The van der Waals surface area contributed by atoms with E-state index in [2.05, 4.69) is 34.6 Å². The fraction of sp³-hybridized carbons (Fsp3) is 0.692. The lowest BCUT2D eigenvalue weighted by Crippen LogP contribution is -2.13. The van der Waals surface area contributed by atoms with E-state index in [-0.39, 0.29) is 11.8 Å². The number of unbranched alkanes of at least 4 members (excludes halogenated alkanes) is 3. The van der Waals surface area contributed by atoms with Gasteiger partial charge in [0.15, 0.2) is 11.6 Å². The third-order valence-electron chi connectivity index (χ3n) is 2.87. The van der Waals surface area contributed by atoms with E-state index in [1.807, 2.05) is 0 Å². The molecule has 1 aromatic rings. The standard InChI is InChI=1S/C13H24FN5/c1-10(2)7-5-3-4-6-8-16-12-11(14)9-17-13(18-12)19-15/h9-10H,3-8,15H2,1-2H3,(H2,16,17,18,19). The summed E-state index contributed by atoms with van der Waals surface area (Å²) in [5, 5.41) is 2.97. The number of anilines is 2. The molecule has 6 heteroatoms. The van der Waals surface area contributed by atoms with Crippen molar-refractivity contribution in [1.29, 1.82) is 0 Å². The number of nitrogens with two attached hydrogens (primary N) is 1. The van der Waals surface area contributed by atoms with Gasteiger partial charge in [-0.25, -0.2) is 15.2 Å². The number of rotatable bonds is 9. The summed E-state index contributed by atoms with van der Waals surface area (Å²) in [6, 6.07) is 0. The molecule has 108 valence electrons. The van der Waals surface area contributed by atoms with E-state index in [9.17, 15) is 4.39 Å². The average molecular weight is 269 g/mol. The second kappa shape index (κ2) is 8.63. The van der Waals surface area contributed by atoms with Gasteiger partial charge in [0.25, 0.3) is 0 Å². The maximum Gasteiger partial charge on any atom is 0.239 e. The van der Waals surface area contributed by atoms with Gasteiger partial charge in [-0.1, -0.05) is 39.5 Å². The molecule has 0 saturated carbocycles. The molecule has 1 rings (SSSR count). The zero-order chi connectivity index (χ0) is 14.1. The summed E-state index contributed by atoms with van der Waals surface area (Å²) < 4.78 is 13.4. The van der Waals surface area contributed by atoms with Crippen LogP contribution >= 0.6 is 0 Å². The first kappa shape index (κ1) is 15.6. The molecule has 0 spiro atoms. The first-order valence-electron chi connectivity index (χ1n) is 6.86. The van der Waals surface area contributed by atoms with Gasteiger partial charge in [-0.15, -0.1) is 0 Å². The van der Waals surface area contributed by atoms with Crippen LogP contribution in [0, 0.1) is 11.7 Å². The Morgan fingerprint density at radius 1 is 1.26 bits per heavy atom. The van der Waals surface area contributed by atoms with Gasteiger partial charge in [0.2, 0.25) is 5.95 Å². The predicted octanol–water partition coefficient (Wildman–Crippen LogP) is 2.92. The highest BCUT2D eigenvalue weighted by atomic mass is 19.1. The molecule has 0 unspecified atom stereocenters. The minimum absolute atomic E-state index is 0.199. The van der Waals surface area contributed by atoms with Gasteiger partial charge in [0, 0.05) is 6.54 Å². The first-order chi connectivity index (χ1) is 9.13. The monoisotopic (exact) mass is 269 g/mol. The smallest absolute Gasteiger partial charge is 0.239 e. The largest absolute Gasteiger partial charge is 0.367 e. The summed E-state index contributed by atoms with van der Waals surface area (Å²) in [6.45, 7) is 5.19. The number of hydrogen-bond acceptors (Lipinski definition) is 5. The summed E-state index contributed by atoms with van der Waals surface area (Å²) in [6.07, 6.45) is 7.02. The van der Waals surface area contributed by atoms with Crippen molar-refractivity contribution in [3.05, 3.63) is 12.0 Å². The number of hydrogen-bond donors (Lipinski definition) is 3. The molecule has 1 heterocycles. The zero-order valence-corrected chi connectivity index (χ0v) is 11.7. The van der Waals surface area contributed by atoms with E-state index < -0.39 is 5.82 Å². The summed E-state index contributed by atoms with van der Waals surface area (Å²) >= 11 is 0. The molecule has 0 bridgehead atoms. The number of aromatic nitrogens is 2. The molecule has 0 aliphatic heterocycles. The van der Waals surface area contributed by atoms with Gasteiger partial charge in [-0.05, 0) is 12.3 Å². The first-order valence-corrected chi connectivity index (χ1v) is 6.86. The van der Waals surface area contributed by atoms with Gasteiger partial charge >= 0.3 is 0 Å². The van der Waals surface area contributed by atoms with Gasteiger partial charge in [-0.2, -0.15) is 4.98 Å². The Kier molecular flexibility index (Phi) is 7.10. The average Bonchev–Trinajstić information content (AvgIpc) is 2.39. The Morgan fingerprint density at radius 3 is 2.68 bits per heavy atom. The lowest BCUT2D eigenvalue weighted by atomic mass is 10.0. The van der Waals surface area contributed by atoms with Gasteiger partial charge in [0.1, 0.15) is 0 Å². The lowest BCUT2D eigenvalue weighted by Gasteiger charge is -2.08. The molecule has 4 N–H and O–H groups in total. The molecular formula is C13H24FN5. The van der Waals surface area contributed by atoms with Gasteiger partial charge < -0.3 is 5.32 Å². The van der Waals surface area contributed by atoms with Crippen molar-refractivity contribution in [3.63, 3.8) is 0 Å². The van der Waals surface area contributed by atoms with Gasteiger partial charge in [0.05, 0.1) is 6.20 Å². The van der Waals surface area contributed by atoms with E-state index in [1.54, 1.807) is 0 Å². The van der Waals surface area contributed by atoms with E-state index in [4.69, 9.17) is 5.84 Å². The second-order valence-electron chi connectivity index (χ2n) is 5.06. The molecule has 0 amide bonds. The number of halogens is 1. The van der Waals surface area contributed by atoms with E-state index in [0.717, 1.165) is 25.0 Å². The molecule has 0 aromatic carbocycles. The van der Waals surface area contributed by atoms with Crippen molar-refractivity contribution in [2.75, 3.05) is 17.3 Å². The Labute approximate surface area is 114 Å². The van der Waals surface area contributed by atoms with Crippen LogP contribution in [0.3, 0.4) is 0 Å². The highest BCUT2D eigenvalue weighted by Crippen LogP contribution is 2.12. The maximum atomic E-state index is 13.4. The van der Waals surface area contributed by atoms with Crippen LogP contribution < -0.4 is 16.6 Å². The topological polar surface area (TPSA) is 75.9 Å². The van der Waals surface area contributed by atoms with Crippen LogP contribution in [0.2, 0.25) is 0 Å². The number of nitrogens with zero attached hydrogens (tertiary/aromatic N) is 2. The summed E-state index contributed by atoms with van der Waals surface area (Å²) in [5.41, 5.74) is 2.29. The maximum absolute atomic E-state index is 13.4. The molecule has 0 fully saturated rings. The van der Waals surface area contributed by atoms with Crippen LogP contribution in [0.4, 0.5) is 16.2 Å². The van der Waals surface area contributed by atoms with Crippen LogP contribution in [0.15, 0.2) is 6.20 Å². The fourth-order valence-corrected chi connectivity index (χ4v) is 1.80. The predicted molar refractivity (Wildman–Crippen MR) is 76.2 cm³/mol. The molecule has 0 saturated heterocycles. The molecule has 1 aromatic heterocycles. The van der Waals surface area contributed by atoms with Crippen LogP contribution in [-0.4, -0.2) is 16.5 Å². The quantitative estimate of drug-likeness (QED) is 0.365. The summed E-state index contributed by atoms with van der Waals surface area (Å²) in [4.78, 5) is 7.60. The van der Waals surface area contributed by atoms with Crippen LogP contribution in [0.1, 0.15) is 46.0 Å². The van der Waals surface area contributed by atoms with Crippen molar-refractivity contribution < 1.29 is 4.39 Å². The Balaban J connectivity index is 2.18. The summed E-state index contributed by atoms with van der Waals surface area (Å²) in [5.74, 6) is 5.90. The number of nitrogens with one attached hydrogen (secondary N) is 2. The zero-order valence-electron chi connectivity index (χ0n) is 11.7. The third-order valence-corrected chi connectivity index (χ3v) is 2.87. The highest BCUT2D eigenvalue weighted by molar-refractivity contribution is 5.40. The molecule has 0 radical (unpaired) electrons. The van der Waals surface area contributed by atoms with Crippen molar-refractivity contribution in [2.24, 2.45) is 11.8 Å². The molecule has 0 atom stereocenters. The lowest BCUT2D eigenvalue weighted by molar-refractivity contribution is 0.522. The number of hydrazine groups is 1. The molecule has 5 nitrogen and oxygen atoms in total. The summed E-state index contributed by atoms with van der Waals surface area (Å²) in [7, 11) is 0.